The number of hydrogen-bond donors (Lipinski definition) is 2. The first-order valence-electron chi connectivity index (χ1n) is 2.76. The van der Waals surface area contributed by atoms with Crippen LogP contribution in [0.4, 0.5) is 0 Å². The van der Waals surface area contributed by atoms with Crippen LogP contribution in [-0.2, 0) is 0 Å². The van der Waals surface area contributed by atoms with Crippen molar-refractivity contribution in [3.63, 3.8) is 0 Å². The highest BCUT2D eigenvalue weighted by Gasteiger charge is 2.21. The molecule has 1 aliphatic rings. The van der Waals surface area contributed by atoms with E-state index in [1.807, 2.05) is 13.8 Å². The average Bonchev–Trinajstić information content (AvgIpc) is 1.98. The first-order chi connectivity index (χ1) is 4.13. The van der Waals surface area contributed by atoms with Gasteiger partial charge in [0.2, 0.25) is 0 Å². The molecular formula is C5H11N3S. The molecule has 3 nitrogen and oxygen atoms in total. The van der Waals surface area contributed by atoms with Gasteiger partial charge in [0.15, 0.2) is 0 Å². The van der Waals surface area contributed by atoms with Gasteiger partial charge in [0.25, 0.3) is 0 Å². The summed E-state index contributed by atoms with van der Waals surface area (Å²) >= 11 is 1.59. The Morgan fingerprint density at radius 3 is 2.22 bits per heavy atom. The van der Waals surface area contributed by atoms with Gasteiger partial charge in [0, 0.05) is 10.6 Å². The third-order valence-electron chi connectivity index (χ3n) is 1.47. The second-order valence-corrected chi connectivity index (χ2v) is 3.39. The van der Waals surface area contributed by atoms with Gasteiger partial charge in [-0.25, -0.2) is 5.84 Å². The lowest BCUT2D eigenvalue weighted by Crippen LogP contribution is -2.39. The van der Waals surface area contributed by atoms with Crippen molar-refractivity contribution in [1.29, 1.82) is 0 Å². The van der Waals surface area contributed by atoms with Crippen LogP contribution in [0.2, 0.25) is 0 Å². The molecule has 4 N–H and O–H groups in total. The molecule has 0 fully saturated rings. The summed E-state index contributed by atoms with van der Waals surface area (Å²) in [5.74, 6) is 5.54. The van der Waals surface area contributed by atoms with Crippen LogP contribution in [0.1, 0.15) is 13.8 Å². The molecule has 4 heteroatoms. The summed E-state index contributed by atoms with van der Waals surface area (Å²) in [6.07, 6.45) is 0. The highest BCUT2D eigenvalue weighted by atomic mass is 32.2. The second-order valence-electron chi connectivity index (χ2n) is 2.06. The molecule has 1 atom stereocenters. The Morgan fingerprint density at radius 2 is 2.11 bits per heavy atom. The van der Waals surface area contributed by atoms with Crippen molar-refractivity contribution in [1.82, 2.24) is 5.01 Å². The molecule has 0 saturated heterocycles. The highest BCUT2D eigenvalue weighted by molar-refractivity contribution is 8.03. The summed E-state index contributed by atoms with van der Waals surface area (Å²) in [6.45, 7) is 3.99. The zero-order valence-electron chi connectivity index (χ0n) is 5.59. The van der Waals surface area contributed by atoms with E-state index in [1.54, 1.807) is 16.8 Å². The van der Waals surface area contributed by atoms with Gasteiger partial charge >= 0.3 is 0 Å². The molecule has 0 aromatic carbocycles. The zero-order chi connectivity index (χ0) is 7.02. The number of allylic oxidation sites excluding steroid dienone is 2. The maximum absolute atomic E-state index is 5.58. The van der Waals surface area contributed by atoms with Gasteiger partial charge in [0.05, 0.1) is 0 Å². The van der Waals surface area contributed by atoms with Crippen LogP contribution in [0.3, 0.4) is 0 Å². The minimum absolute atomic E-state index is 0.0787. The standard InChI is InChI=1S/C5H11N3S/c1-3-4(2)9-5(6)8(3)7/h5H,6-7H2,1-2H3. The van der Waals surface area contributed by atoms with Crippen molar-refractivity contribution >= 4 is 11.8 Å². The van der Waals surface area contributed by atoms with Gasteiger partial charge in [-0.15, -0.1) is 0 Å². The Balaban J connectivity index is 2.74. The van der Waals surface area contributed by atoms with Crippen molar-refractivity contribution in [2.24, 2.45) is 11.6 Å². The van der Waals surface area contributed by atoms with E-state index in [4.69, 9.17) is 11.6 Å². The predicted molar refractivity (Wildman–Crippen MR) is 40.0 cm³/mol. The molecule has 9 heavy (non-hydrogen) atoms. The molecule has 0 aliphatic carbocycles. The van der Waals surface area contributed by atoms with Crippen LogP contribution >= 0.6 is 11.8 Å². The third kappa shape index (κ3) is 1.05. The van der Waals surface area contributed by atoms with E-state index in [1.165, 1.54) is 4.91 Å². The number of hydrogen-bond acceptors (Lipinski definition) is 4. The van der Waals surface area contributed by atoms with Crippen molar-refractivity contribution < 1.29 is 0 Å². The molecule has 0 amide bonds. The van der Waals surface area contributed by atoms with E-state index in [9.17, 15) is 0 Å². The minimum atomic E-state index is -0.0787. The van der Waals surface area contributed by atoms with Gasteiger partial charge < -0.3 is 5.73 Å². The molecule has 1 unspecified atom stereocenters. The number of thioether (sulfide) groups is 1. The number of nitrogens with zero attached hydrogens (tertiary/aromatic N) is 1. The fraction of sp³-hybridized carbons (Fsp3) is 0.600. The largest absolute Gasteiger partial charge is 0.301 e. The molecule has 0 saturated carbocycles. The first-order valence-corrected chi connectivity index (χ1v) is 3.64. The highest BCUT2D eigenvalue weighted by Crippen LogP contribution is 2.31. The van der Waals surface area contributed by atoms with E-state index in [2.05, 4.69) is 0 Å². The molecule has 1 heterocycles. The fourth-order valence-corrected chi connectivity index (χ4v) is 1.61. The van der Waals surface area contributed by atoms with Crippen LogP contribution in [0.15, 0.2) is 10.6 Å². The number of nitrogens with two attached hydrogens (primary N) is 2. The average molecular weight is 145 g/mol. The van der Waals surface area contributed by atoms with Crippen LogP contribution in [-0.4, -0.2) is 10.5 Å². The van der Waals surface area contributed by atoms with Crippen LogP contribution < -0.4 is 11.6 Å². The first kappa shape index (κ1) is 6.92. The summed E-state index contributed by atoms with van der Waals surface area (Å²) in [5, 5.41) is 1.58. The van der Waals surface area contributed by atoms with Gasteiger partial charge in [0.1, 0.15) is 5.50 Å². The second kappa shape index (κ2) is 2.21. The monoisotopic (exact) mass is 145 g/mol. The maximum Gasteiger partial charge on any atom is 0.143 e. The van der Waals surface area contributed by atoms with Gasteiger partial charge in [-0.05, 0) is 13.8 Å². The zero-order valence-corrected chi connectivity index (χ0v) is 6.40. The van der Waals surface area contributed by atoms with E-state index < -0.39 is 0 Å². The Kier molecular flexibility index (Phi) is 1.70. The van der Waals surface area contributed by atoms with E-state index in [-0.39, 0.29) is 5.50 Å². The van der Waals surface area contributed by atoms with Gasteiger partial charge in [-0.2, -0.15) is 0 Å². The third-order valence-corrected chi connectivity index (χ3v) is 2.59. The molecule has 1 rings (SSSR count). The Bertz CT molecular complexity index is 154. The summed E-state index contributed by atoms with van der Waals surface area (Å²) in [4.78, 5) is 1.21. The lowest BCUT2D eigenvalue weighted by atomic mass is 10.4. The number of rotatable bonds is 0. The molecule has 52 valence electrons. The molecule has 0 bridgehead atoms. The molecule has 1 aliphatic heterocycles. The molecule has 0 spiro atoms. The quantitative estimate of drug-likeness (QED) is 0.484. The van der Waals surface area contributed by atoms with Gasteiger partial charge in [-0.3, -0.25) is 5.01 Å². The van der Waals surface area contributed by atoms with Crippen LogP contribution in [0.25, 0.3) is 0 Å². The molecule has 0 aromatic rings. The summed E-state index contributed by atoms with van der Waals surface area (Å²) in [6, 6.07) is 0. The summed E-state index contributed by atoms with van der Waals surface area (Å²) in [5.41, 5.74) is 6.58. The van der Waals surface area contributed by atoms with Gasteiger partial charge in [-0.1, -0.05) is 11.8 Å². The lowest BCUT2D eigenvalue weighted by molar-refractivity contribution is 0.351. The Hall–Kier alpha value is -0.190. The number of hydrazine groups is 1. The Morgan fingerprint density at radius 1 is 1.56 bits per heavy atom. The predicted octanol–water partition coefficient (Wildman–Crippen LogP) is 0.403. The molecule has 0 radical (unpaired) electrons. The van der Waals surface area contributed by atoms with Crippen molar-refractivity contribution in [3.8, 4) is 0 Å². The van der Waals surface area contributed by atoms with E-state index >= 15 is 0 Å². The smallest absolute Gasteiger partial charge is 0.143 e. The molecule has 0 aromatic heterocycles. The lowest BCUT2D eigenvalue weighted by Gasteiger charge is -2.16. The summed E-state index contributed by atoms with van der Waals surface area (Å²) in [7, 11) is 0. The van der Waals surface area contributed by atoms with E-state index in [0.29, 0.717) is 0 Å². The van der Waals surface area contributed by atoms with Crippen LogP contribution in [0, 0.1) is 0 Å². The SMILES string of the molecule is CC1=C(C)N(N)C(N)S1. The van der Waals surface area contributed by atoms with Crippen molar-refractivity contribution in [2.75, 3.05) is 0 Å². The minimum Gasteiger partial charge on any atom is -0.301 e. The fourth-order valence-electron chi connectivity index (χ4n) is 0.696. The Labute approximate surface area is 59.0 Å². The van der Waals surface area contributed by atoms with Crippen LogP contribution in [0.5, 0.6) is 0 Å². The maximum atomic E-state index is 5.58. The normalized spacial score (nSPS) is 28.0. The van der Waals surface area contributed by atoms with Crippen molar-refractivity contribution in [3.05, 3.63) is 10.6 Å². The topological polar surface area (TPSA) is 55.3 Å². The van der Waals surface area contributed by atoms with E-state index in [0.717, 1.165) is 5.70 Å². The molecular weight excluding hydrogens is 134 g/mol. The van der Waals surface area contributed by atoms with Crippen molar-refractivity contribution in [2.45, 2.75) is 19.3 Å². The summed E-state index contributed by atoms with van der Waals surface area (Å²) < 4.78 is 0.